The number of carboxylic acid groups (broad SMARTS) is 1. The summed E-state index contributed by atoms with van der Waals surface area (Å²) in [6.45, 7) is 0. The predicted molar refractivity (Wildman–Crippen MR) is 59.6 cm³/mol. The van der Waals surface area contributed by atoms with Gasteiger partial charge in [-0.1, -0.05) is 31.8 Å². The molecule has 2 nitrogen and oxygen atoms in total. The zero-order valence-corrected chi connectivity index (χ0v) is 9.19. The van der Waals surface area contributed by atoms with Crippen LogP contribution in [-0.4, -0.2) is 11.1 Å². The second-order valence-electron chi connectivity index (χ2n) is 5.08. The molecule has 2 aliphatic rings. The molecule has 0 aromatic heterocycles. The molecule has 2 fully saturated rings. The van der Waals surface area contributed by atoms with E-state index < -0.39 is 5.97 Å². The van der Waals surface area contributed by atoms with Crippen molar-refractivity contribution < 1.29 is 9.90 Å². The van der Waals surface area contributed by atoms with Gasteiger partial charge in [0, 0.05) is 6.08 Å². The smallest absolute Gasteiger partial charge is 0.327 e. The highest BCUT2D eigenvalue weighted by Gasteiger charge is 2.30. The Labute approximate surface area is 91.4 Å². The summed E-state index contributed by atoms with van der Waals surface area (Å²) in [6.07, 6.45) is 12.6. The zero-order valence-electron chi connectivity index (χ0n) is 9.19. The number of aliphatic carboxylic acids is 1. The van der Waals surface area contributed by atoms with E-state index in [1.54, 1.807) is 0 Å². The van der Waals surface area contributed by atoms with Crippen molar-refractivity contribution in [2.24, 2.45) is 17.8 Å². The van der Waals surface area contributed by atoms with E-state index in [9.17, 15) is 4.79 Å². The molecule has 2 saturated carbocycles. The lowest BCUT2D eigenvalue weighted by Crippen LogP contribution is -2.27. The van der Waals surface area contributed by atoms with Crippen molar-refractivity contribution in [1.29, 1.82) is 0 Å². The molecule has 0 radical (unpaired) electrons. The summed E-state index contributed by atoms with van der Waals surface area (Å²) in [5.74, 6) is 1.56. The third-order valence-corrected chi connectivity index (χ3v) is 4.09. The number of carbonyl (C=O) groups is 1. The molecule has 84 valence electrons. The molecule has 0 spiro atoms. The summed E-state index contributed by atoms with van der Waals surface area (Å²) in [7, 11) is 0. The molecule has 3 atom stereocenters. The monoisotopic (exact) mass is 208 g/mol. The van der Waals surface area contributed by atoms with Crippen molar-refractivity contribution >= 4 is 5.97 Å². The summed E-state index contributed by atoms with van der Waals surface area (Å²) >= 11 is 0. The fourth-order valence-corrected chi connectivity index (χ4v) is 3.30. The van der Waals surface area contributed by atoms with Crippen molar-refractivity contribution in [3.63, 3.8) is 0 Å². The van der Waals surface area contributed by atoms with E-state index in [0.717, 1.165) is 11.8 Å². The van der Waals surface area contributed by atoms with E-state index in [-0.39, 0.29) is 0 Å². The Hall–Kier alpha value is -0.790. The molecule has 0 amide bonds. The first-order chi connectivity index (χ1) is 7.25. The Bertz CT molecular complexity index is 257. The Kier molecular flexibility index (Phi) is 3.45. The lowest BCUT2D eigenvalue weighted by molar-refractivity contribution is -0.131. The molecule has 0 heterocycles. The molecule has 0 aromatic carbocycles. The van der Waals surface area contributed by atoms with Crippen LogP contribution in [-0.2, 0) is 4.79 Å². The first-order valence-electron chi connectivity index (χ1n) is 6.17. The van der Waals surface area contributed by atoms with Crippen LogP contribution in [0.3, 0.4) is 0 Å². The van der Waals surface area contributed by atoms with Crippen LogP contribution in [0.25, 0.3) is 0 Å². The van der Waals surface area contributed by atoms with Crippen molar-refractivity contribution in [2.45, 2.75) is 44.9 Å². The number of carboxylic acids is 1. The van der Waals surface area contributed by atoms with Gasteiger partial charge >= 0.3 is 5.97 Å². The average Bonchev–Trinajstić information content (AvgIpc) is 2.26. The SMILES string of the molecule is O=C(O)C=C[C@@H]1CC[C@H]2CCCC[C@@H]2C1. The van der Waals surface area contributed by atoms with Crippen molar-refractivity contribution in [3.8, 4) is 0 Å². The van der Waals surface area contributed by atoms with E-state index in [0.29, 0.717) is 5.92 Å². The van der Waals surface area contributed by atoms with Gasteiger partial charge in [0.1, 0.15) is 0 Å². The van der Waals surface area contributed by atoms with Crippen LogP contribution in [0.2, 0.25) is 0 Å². The van der Waals surface area contributed by atoms with Crippen LogP contribution < -0.4 is 0 Å². The minimum Gasteiger partial charge on any atom is -0.478 e. The molecule has 0 unspecified atom stereocenters. The second kappa shape index (κ2) is 4.82. The molecular weight excluding hydrogens is 188 g/mol. The van der Waals surface area contributed by atoms with Gasteiger partial charge in [0.05, 0.1) is 0 Å². The van der Waals surface area contributed by atoms with Crippen LogP contribution >= 0.6 is 0 Å². The van der Waals surface area contributed by atoms with Gasteiger partial charge in [-0.05, 0) is 37.0 Å². The van der Waals surface area contributed by atoms with Crippen LogP contribution in [0.4, 0.5) is 0 Å². The Morgan fingerprint density at radius 1 is 1.07 bits per heavy atom. The quantitative estimate of drug-likeness (QED) is 0.707. The number of allylic oxidation sites excluding steroid dienone is 1. The summed E-state index contributed by atoms with van der Waals surface area (Å²) in [4.78, 5) is 10.4. The lowest BCUT2D eigenvalue weighted by atomic mass is 9.67. The van der Waals surface area contributed by atoms with E-state index >= 15 is 0 Å². The highest BCUT2D eigenvalue weighted by Crippen LogP contribution is 2.42. The number of hydrogen-bond donors (Lipinski definition) is 1. The summed E-state index contributed by atoms with van der Waals surface area (Å²) in [5, 5.41) is 8.59. The minimum absolute atomic E-state index is 0.528. The van der Waals surface area contributed by atoms with Gasteiger partial charge in [-0.2, -0.15) is 0 Å². The Balaban J connectivity index is 1.88. The van der Waals surface area contributed by atoms with Crippen molar-refractivity contribution in [2.75, 3.05) is 0 Å². The first kappa shape index (κ1) is 10.7. The van der Waals surface area contributed by atoms with Crippen LogP contribution in [0.5, 0.6) is 0 Å². The third kappa shape index (κ3) is 2.83. The van der Waals surface area contributed by atoms with Crippen LogP contribution in [0.1, 0.15) is 44.9 Å². The number of fused-ring (bicyclic) bond motifs is 1. The molecule has 2 heteroatoms. The Morgan fingerprint density at radius 3 is 2.53 bits per heavy atom. The van der Waals surface area contributed by atoms with Gasteiger partial charge in [0.25, 0.3) is 0 Å². The van der Waals surface area contributed by atoms with E-state index in [4.69, 9.17) is 5.11 Å². The van der Waals surface area contributed by atoms with Crippen LogP contribution in [0, 0.1) is 17.8 Å². The maximum Gasteiger partial charge on any atom is 0.327 e. The highest BCUT2D eigenvalue weighted by molar-refractivity contribution is 5.79. The predicted octanol–water partition coefficient (Wildman–Crippen LogP) is 3.23. The zero-order chi connectivity index (χ0) is 10.7. The van der Waals surface area contributed by atoms with Gasteiger partial charge < -0.3 is 5.11 Å². The molecule has 1 N–H and O–H groups in total. The molecule has 0 saturated heterocycles. The summed E-state index contributed by atoms with van der Waals surface area (Å²) in [5.41, 5.74) is 0. The van der Waals surface area contributed by atoms with Gasteiger partial charge in [-0.15, -0.1) is 0 Å². The second-order valence-corrected chi connectivity index (χ2v) is 5.08. The summed E-state index contributed by atoms with van der Waals surface area (Å²) < 4.78 is 0. The molecular formula is C13H20O2. The lowest BCUT2D eigenvalue weighted by Gasteiger charge is -2.38. The normalized spacial score (nSPS) is 36.4. The average molecular weight is 208 g/mol. The Morgan fingerprint density at radius 2 is 1.80 bits per heavy atom. The molecule has 0 aliphatic heterocycles. The fraction of sp³-hybridized carbons (Fsp3) is 0.769. The standard InChI is InChI=1S/C13H20O2/c14-13(15)8-6-10-5-7-11-3-1-2-4-12(11)9-10/h6,8,10-12H,1-5,7,9H2,(H,14,15)/t10-,11+,12+/m0/s1. The van der Waals surface area contributed by atoms with Crippen molar-refractivity contribution in [1.82, 2.24) is 0 Å². The van der Waals surface area contributed by atoms with Gasteiger partial charge in [-0.3, -0.25) is 0 Å². The molecule has 2 rings (SSSR count). The largest absolute Gasteiger partial charge is 0.478 e. The van der Waals surface area contributed by atoms with E-state index in [1.165, 1.54) is 51.0 Å². The molecule has 2 aliphatic carbocycles. The van der Waals surface area contributed by atoms with Crippen LogP contribution in [0.15, 0.2) is 12.2 Å². The first-order valence-corrected chi connectivity index (χ1v) is 6.17. The highest BCUT2D eigenvalue weighted by atomic mass is 16.4. The van der Waals surface area contributed by atoms with E-state index in [1.807, 2.05) is 6.08 Å². The molecule has 0 bridgehead atoms. The topological polar surface area (TPSA) is 37.3 Å². The maximum atomic E-state index is 10.4. The molecule has 0 aromatic rings. The van der Waals surface area contributed by atoms with Crippen molar-refractivity contribution in [3.05, 3.63) is 12.2 Å². The maximum absolute atomic E-state index is 10.4. The summed E-state index contributed by atoms with van der Waals surface area (Å²) in [6, 6.07) is 0. The third-order valence-electron chi connectivity index (χ3n) is 4.09. The van der Waals surface area contributed by atoms with Gasteiger partial charge in [-0.25, -0.2) is 4.79 Å². The fourth-order valence-electron chi connectivity index (χ4n) is 3.30. The number of rotatable bonds is 2. The minimum atomic E-state index is -0.805. The van der Waals surface area contributed by atoms with E-state index in [2.05, 4.69) is 0 Å². The molecule has 15 heavy (non-hydrogen) atoms. The number of hydrogen-bond acceptors (Lipinski definition) is 1. The van der Waals surface area contributed by atoms with Gasteiger partial charge in [0.15, 0.2) is 0 Å². The van der Waals surface area contributed by atoms with Gasteiger partial charge in [0.2, 0.25) is 0 Å².